The molecule has 24 heavy (non-hydrogen) atoms. The van der Waals surface area contributed by atoms with Gasteiger partial charge in [-0.25, -0.2) is 9.59 Å². The lowest BCUT2D eigenvalue weighted by Gasteiger charge is -2.04. The number of benzene rings is 2. The first-order chi connectivity index (χ1) is 11.6. The normalized spacial score (nSPS) is 9.54. The van der Waals surface area contributed by atoms with Gasteiger partial charge in [0.25, 0.3) is 0 Å². The Morgan fingerprint density at radius 1 is 1.12 bits per heavy atom. The van der Waals surface area contributed by atoms with E-state index < -0.39 is 12.1 Å². The highest BCUT2D eigenvalue weighted by Gasteiger charge is 2.12. The van der Waals surface area contributed by atoms with Gasteiger partial charge in [0, 0.05) is 5.56 Å². The summed E-state index contributed by atoms with van der Waals surface area (Å²) in [4.78, 5) is 22.7. The van der Waals surface area contributed by atoms with E-state index in [1.807, 2.05) is 30.3 Å². The molecule has 0 aliphatic heterocycles. The first kappa shape index (κ1) is 17.4. The fourth-order valence-electron chi connectivity index (χ4n) is 1.88. The van der Waals surface area contributed by atoms with E-state index in [4.69, 9.17) is 21.4 Å². The zero-order valence-electron chi connectivity index (χ0n) is 12.6. The van der Waals surface area contributed by atoms with Crippen LogP contribution in [0.3, 0.4) is 0 Å². The lowest BCUT2D eigenvalue weighted by atomic mass is 10.1. The van der Waals surface area contributed by atoms with Crippen molar-refractivity contribution in [2.75, 3.05) is 6.54 Å². The Labute approximate surface area is 144 Å². The van der Waals surface area contributed by atoms with Gasteiger partial charge >= 0.3 is 12.1 Å². The molecule has 0 bridgehead atoms. The zero-order chi connectivity index (χ0) is 17.4. The van der Waals surface area contributed by atoms with E-state index >= 15 is 0 Å². The van der Waals surface area contributed by atoms with Crippen LogP contribution >= 0.6 is 11.6 Å². The van der Waals surface area contributed by atoms with Crippen LogP contribution in [0, 0.1) is 11.8 Å². The summed E-state index contributed by atoms with van der Waals surface area (Å²) < 4.78 is 5.03. The van der Waals surface area contributed by atoms with Crippen molar-refractivity contribution >= 4 is 23.7 Å². The maximum Gasteiger partial charge on any atom is 0.408 e. The number of carbonyl (C=O) groups is 2. The van der Waals surface area contributed by atoms with E-state index in [9.17, 15) is 9.59 Å². The Balaban J connectivity index is 1.87. The van der Waals surface area contributed by atoms with Crippen molar-refractivity contribution in [3.63, 3.8) is 0 Å². The standard InChI is InChI=1S/C18H14ClNO4/c19-15-10-4-8-14(16(15)17(21)22)9-5-11-20-18(23)24-12-13-6-2-1-3-7-13/h1-4,6-8,10H,11-12H2,(H,20,23)(H,21,22). The summed E-state index contributed by atoms with van der Waals surface area (Å²) in [6, 6.07) is 13.9. The smallest absolute Gasteiger partial charge is 0.408 e. The van der Waals surface area contributed by atoms with E-state index in [2.05, 4.69) is 17.2 Å². The summed E-state index contributed by atoms with van der Waals surface area (Å²) in [7, 11) is 0. The monoisotopic (exact) mass is 343 g/mol. The molecule has 0 aromatic heterocycles. The van der Waals surface area contributed by atoms with Crippen LogP contribution in [0.2, 0.25) is 5.02 Å². The fraction of sp³-hybridized carbons (Fsp3) is 0.111. The molecular formula is C18H14ClNO4. The second-order valence-electron chi connectivity index (χ2n) is 4.68. The fourth-order valence-corrected chi connectivity index (χ4v) is 2.13. The molecule has 0 aliphatic carbocycles. The van der Waals surface area contributed by atoms with Crippen LogP contribution in [-0.2, 0) is 11.3 Å². The maximum absolute atomic E-state index is 11.5. The topological polar surface area (TPSA) is 75.6 Å². The highest BCUT2D eigenvalue weighted by atomic mass is 35.5. The van der Waals surface area contributed by atoms with Gasteiger partial charge in [-0.3, -0.25) is 0 Å². The lowest BCUT2D eigenvalue weighted by Crippen LogP contribution is -2.24. The van der Waals surface area contributed by atoms with Gasteiger partial charge in [-0.1, -0.05) is 59.8 Å². The molecule has 2 rings (SSSR count). The van der Waals surface area contributed by atoms with E-state index in [1.165, 1.54) is 6.07 Å². The van der Waals surface area contributed by atoms with Crippen LogP contribution in [0.1, 0.15) is 21.5 Å². The Morgan fingerprint density at radius 2 is 1.88 bits per heavy atom. The van der Waals surface area contributed by atoms with Crippen LogP contribution in [0.5, 0.6) is 0 Å². The van der Waals surface area contributed by atoms with Gasteiger partial charge in [0.2, 0.25) is 0 Å². The average molecular weight is 344 g/mol. The molecular weight excluding hydrogens is 330 g/mol. The molecule has 0 saturated heterocycles. The number of ether oxygens (including phenoxy) is 1. The molecule has 1 amide bonds. The van der Waals surface area contributed by atoms with Gasteiger partial charge in [0.15, 0.2) is 0 Å². The van der Waals surface area contributed by atoms with Crippen LogP contribution in [0.25, 0.3) is 0 Å². The molecule has 2 aromatic rings. The van der Waals surface area contributed by atoms with Crippen molar-refractivity contribution in [3.05, 3.63) is 70.2 Å². The van der Waals surface area contributed by atoms with Crippen molar-refractivity contribution in [2.45, 2.75) is 6.61 Å². The molecule has 0 radical (unpaired) electrons. The summed E-state index contributed by atoms with van der Waals surface area (Å²) in [5.74, 6) is 4.20. The molecule has 122 valence electrons. The molecule has 0 spiro atoms. The number of amides is 1. The average Bonchev–Trinajstić information content (AvgIpc) is 2.57. The molecule has 0 saturated carbocycles. The van der Waals surface area contributed by atoms with Gasteiger partial charge in [0.1, 0.15) is 6.61 Å². The molecule has 0 unspecified atom stereocenters. The zero-order valence-corrected chi connectivity index (χ0v) is 13.3. The Hall–Kier alpha value is -2.97. The van der Waals surface area contributed by atoms with Crippen molar-refractivity contribution in [2.24, 2.45) is 0 Å². The summed E-state index contributed by atoms with van der Waals surface area (Å²) in [5.41, 5.74) is 1.11. The SMILES string of the molecule is O=C(NCC#Cc1cccc(Cl)c1C(=O)O)OCc1ccccc1. The summed E-state index contributed by atoms with van der Waals surface area (Å²) in [6.45, 7) is 0.191. The highest BCUT2D eigenvalue weighted by Crippen LogP contribution is 2.19. The van der Waals surface area contributed by atoms with Gasteiger partial charge in [0.05, 0.1) is 17.1 Å². The predicted octanol–water partition coefficient (Wildman–Crippen LogP) is 3.32. The molecule has 2 aromatic carbocycles. The molecule has 0 atom stereocenters. The molecule has 2 N–H and O–H groups in total. The van der Waals surface area contributed by atoms with Crippen molar-refractivity contribution < 1.29 is 19.4 Å². The number of halogens is 1. The summed E-state index contributed by atoms with van der Waals surface area (Å²) in [5, 5.41) is 11.7. The molecule has 5 nitrogen and oxygen atoms in total. The lowest BCUT2D eigenvalue weighted by molar-refractivity contribution is 0.0696. The number of alkyl carbamates (subject to hydrolysis) is 1. The number of aromatic carboxylic acids is 1. The first-order valence-electron chi connectivity index (χ1n) is 7.03. The van der Waals surface area contributed by atoms with Gasteiger partial charge in [-0.2, -0.15) is 0 Å². The Kier molecular flexibility index (Phi) is 6.23. The van der Waals surface area contributed by atoms with Crippen molar-refractivity contribution in [1.82, 2.24) is 5.32 Å². The first-order valence-corrected chi connectivity index (χ1v) is 7.41. The number of rotatable bonds is 4. The largest absolute Gasteiger partial charge is 0.478 e. The summed E-state index contributed by atoms with van der Waals surface area (Å²) >= 11 is 5.85. The summed E-state index contributed by atoms with van der Waals surface area (Å²) in [6.07, 6.45) is -0.599. The number of carboxylic acid groups (broad SMARTS) is 1. The minimum Gasteiger partial charge on any atom is -0.478 e. The second kappa shape index (κ2) is 8.61. The van der Waals surface area contributed by atoms with Crippen LogP contribution in [0.15, 0.2) is 48.5 Å². The number of hydrogen-bond donors (Lipinski definition) is 2. The molecule has 0 heterocycles. The third-order valence-electron chi connectivity index (χ3n) is 2.98. The quantitative estimate of drug-likeness (QED) is 0.835. The number of hydrogen-bond acceptors (Lipinski definition) is 3. The number of carbonyl (C=O) groups excluding carboxylic acids is 1. The second-order valence-corrected chi connectivity index (χ2v) is 5.09. The van der Waals surface area contributed by atoms with Crippen LogP contribution in [-0.4, -0.2) is 23.7 Å². The molecule has 6 heteroatoms. The minimum absolute atomic E-state index is 0.0270. The number of carboxylic acids is 1. The molecule has 0 fully saturated rings. The minimum atomic E-state index is -1.15. The Bertz CT molecular complexity index is 794. The third kappa shape index (κ3) is 5.04. The van der Waals surface area contributed by atoms with E-state index in [1.54, 1.807) is 12.1 Å². The maximum atomic E-state index is 11.5. The van der Waals surface area contributed by atoms with E-state index in [0.717, 1.165) is 5.56 Å². The van der Waals surface area contributed by atoms with Crippen molar-refractivity contribution in [3.8, 4) is 11.8 Å². The van der Waals surface area contributed by atoms with E-state index in [-0.39, 0.29) is 29.3 Å². The van der Waals surface area contributed by atoms with E-state index in [0.29, 0.717) is 0 Å². The van der Waals surface area contributed by atoms with Crippen LogP contribution in [0.4, 0.5) is 4.79 Å². The Morgan fingerprint density at radius 3 is 2.58 bits per heavy atom. The van der Waals surface area contributed by atoms with Crippen LogP contribution < -0.4 is 5.32 Å². The highest BCUT2D eigenvalue weighted by molar-refractivity contribution is 6.33. The van der Waals surface area contributed by atoms with Gasteiger partial charge in [-0.15, -0.1) is 0 Å². The number of nitrogens with one attached hydrogen (secondary N) is 1. The van der Waals surface area contributed by atoms with Crippen molar-refractivity contribution in [1.29, 1.82) is 0 Å². The van der Waals surface area contributed by atoms with Gasteiger partial charge < -0.3 is 15.2 Å². The third-order valence-corrected chi connectivity index (χ3v) is 3.30. The molecule has 0 aliphatic rings. The van der Waals surface area contributed by atoms with Gasteiger partial charge in [-0.05, 0) is 17.7 Å². The predicted molar refractivity (Wildman–Crippen MR) is 89.9 cm³/mol.